The van der Waals surface area contributed by atoms with Crippen molar-refractivity contribution in [2.24, 2.45) is 5.10 Å². The van der Waals surface area contributed by atoms with Gasteiger partial charge in [-0.25, -0.2) is 5.43 Å². The lowest BCUT2D eigenvalue weighted by molar-refractivity contribution is 0.0952. The van der Waals surface area contributed by atoms with Crippen molar-refractivity contribution in [1.82, 2.24) is 5.43 Å². The molecule has 4 heteroatoms. The summed E-state index contributed by atoms with van der Waals surface area (Å²) in [5.74, 6) is -0.537. The van der Waals surface area contributed by atoms with Crippen molar-refractivity contribution in [3.05, 3.63) is 101 Å². The molecule has 25 heavy (non-hydrogen) atoms. The molecule has 0 unspecified atom stereocenters. The first-order valence-electron chi connectivity index (χ1n) is 7.93. The monoisotopic (exact) mass is 330 g/mol. The lowest BCUT2D eigenvalue weighted by Gasteiger charge is -2.09. The number of carbonyl (C=O) groups excluding carboxylic acids is 1. The van der Waals surface area contributed by atoms with Crippen molar-refractivity contribution in [2.45, 2.75) is 6.92 Å². The fourth-order valence-corrected chi connectivity index (χ4v) is 2.44. The van der Waals surface area contributed by atoms with Gasteiger partial charge in [0.1, 0.15) is 5.75 Å². The zero-order valence-electron chi connectivity index (χ0n) is 13.8. The molecular formula is C21H18N2O2. The molecule has 0 radical (unpaired) electrons. The fourth-order valence-electron chi connectivity index (χ4n) is 2.44. The molecule has 3 aromatic carbocycles. The predicted octanol–water partition coefficient (Wildman–Crippen LogP) is 3.88. The second-order valence-electron chi connectivity index (χ2n) is 5.65. The Morgan fingerprint density at radius 1 is 0.840 bits per heavy atom. The van der Waals surface area contributed by atoms with E-state index < -0.39 is 5.91 Å². The third-order valence-corrected chi connectivity index (χ3v) is 3.79. The van der Waals surface area contributed by atoms with E-state index in [1.54, 1.807) is 18.2 Å². The number of phenolic OH excluding ortho intramolecular Hbond substituents is 1. The number of aromatic hydroxyl groups is 1. The minimum atomic E-state index is -0.460. The summed E-state index contributed by atoms with van der Waals surface area (Å²) in [6.07, 6.45) is 0. The molecule has 0 atom stereocenters. The van der Waals surface area contributed by atoms with E-state index in [0.29, 0.717) is 5.71 Å². The molecule has 124 valence electrons. The zero-order chi connectivity index (χ0) is 17.6. The molecule has 0 saturated heterocycles. The van der Waals surface area contributed by atoms with Crippen LogP contribution in [0.25, 0.3) is 0 Å². The maximum Gasteiger partial charge on any atom is 0.275 e. The van der Waals surface area contributed by atoms with E-state index in [2.05, 4.69) is 10.5 Å². The predicted molar refractivity (Wildman–Crippen MR) is 98.8 cm³/mol. The molecular weight excluding hydrogens is 312 g/mol. The van der Waals surface area contributed by atoms with Crippen LogP contribution >= 0.6 is 0 Å². The Balaban J connectivity index is 1.94. The number of nitrogens with zero attached hydrogens (tertiary/aromatic N) is 1. The Morgan fingerprint density at radius 2 is 1.44 bits per heavy atom. The van der Waals surface area contributed by atoms with Crippen LogP contribution in [0.5, 0.6) is 5.75 Å². The number of rotatable bonds is 4. The molecule has 0 fully saturated rings. The Bertz CT molecular complexity index is 901. The van der Waals surface area contributed by atoms with Gasteiger partial charge in [0, 0.05) is 11.1 Å². The van der Waals surface area contributed by atoms with Crippen LogP contribution in [0.15, 0.2) is 84.0 Å². The lowest BCUT2D eigenvalue weighted by atomic mass is 10.0. The number of nitrogens with one attached hydrogen (secondary N) is 1. The summed E-state index contributed by atoms with van der Waals surface area (Å²) in [7, 11) is 0. The van der Waals surface area contributed by atoms with Crippen molar-refractivity contribution in [3.8, 4) is 5.75 Å². The average molecular weight is 330 g/mol. The van der Waals surface area contributed by atoms with Crippen LogP contribution in [-0.4, -0.2) is 16.7 Å². The number of amides is 1. The summed E-state index contributed by atoms with van der Waals surface area (Å²) < 4.78 is 0. The number of hydrogen-bond donors (Lipinski definition) is 2. The first kappa shape index (κ1) is 16.5. The van der Waals surface area contributed by atoms with Gasteiger partial charge in [-0.15, -0.1) is 0 Å². The van der Waals surface area contributed by atoms with Gasteiger partial charge < -0.3 is 5.11 Å². The lowest BCUT2D eigenvalue weighted by Crippen LogP contribution is -2.20. The van der Waals surface area contributed by atoms with Crippen molar-refractivity contribution in [3.63, 3.8) is 0 Å². The molecule has 0 aliphatic carbocycles. The Morgan fingerprint density at radius 3 is 2.12 bits per heavy atom. The molecule has 3 aromatic rings. The van der Waals surface area contributed by atoms with Gasteiger partial charge in [0.25, 0.3) is 5.91 Å². The van der Waals surface area contributed by atoms with Gasteiger partial charge in [0.05, 0.1) is 11.3 Å². The molecule has 4 nitrogen and oxygen atoms in total. The highest BCUT2D eigenvalue weighted by molar-refractivity contribution is 6.13. The van der Waals surface area contributed by atoms with E-state index in [0.717, 1.165) is 16.7 Å². The molecule has 3 rings (SSSR count). The Labute approximate surface area is 146 Å². The minimum Gasteiger partial charge on any atom is -0.507 e. The smallest absolute Gasteiger partial charge is 0.275 e. The van der Waals surface area contributed by atoms with Crippen LogP contribution in [0, 0.1) is 6.92 Å². The maximum absolute atomic E-state index is 12.3. The zero-order valence-corrected chi connectivity index (χ0v) is 13.8. The molecule has 0 aromatic heterocycles. The number of aryl methyl sites for hydroxylation is 1. The molecule has 0 aliphatic rings. The number of hydrazone groups is 1. The summed E-state index contributed by atoms with van der Waals surface area (Å²) in [5.41, 5.74) is 6.32. The molecule has 0 bridgehead atoms. The molecule has 0 spiro atoms. The van der Waals surface area contributed by atoms with E-state index in [9.17, 15) is 9.90 Å². The Kier molecular flexibility index (Phi) is 4.90. The van der Waals surface area contributed by atoms with Gasteiger partial charge in [-0.3, -0.25) is 4.79 Å². The SMILES string of the molecule is Cc1ccc(/C(=N/NC(=O)c2ccccc2O)c2ccccc2)cc1. The van der Waals surface area contributed by atoms with E-state index in [4.69, 9.17) is 0 Å². The molecule has 0 heterocycles. The van der Waals surface area contributed by atoms with Gasteiger partial charge >= 0.3 is 0 Å². The number of hydrogen-bond acceptors (Lipinski definition) is 3. The number of benzene rings is 3. The number of para-hydroxylation sites is 1. The molecule has 1 amide bonds. The minimum absolute atomic E-state index is 0.0770. The third-order valence-electron chi connectivity index (χ3n) is 3.79. The summed E-state index contributed by atoms with van der Waals surface area (Å²) in [6.45, 7) is 2.02. The second kappa shape index (κ2) is 7.45. The summed E-state index contributed by atoms with van der Waals surface area (Å²) in [4.78, 5) is 12.3. The first-order valence-corrected chi connectivity index (χ1v) is 7.93. The van der Waals surface area contributed by atoms with Crippen LogP contribution in [0.3, 0.4) is 0 Å². The first-order chi connectivity index (χ1) is 12.1. The van der Waals surface area contributed by atoms with Crippen LogP contribution in [0.1, 0.15) is 27.0 Å². The van der Waals surface area contributed by atoms with Gasteiger partial charge in [-0.1, -0.05) is 72.3 Å². The van der Waals surface area contributed by atoms with E-state index in [1.807, 2.05) is 61.5 Å². The van der Waals surface area contributed by atoms with Crippen LogP contribution < -0.4 is 5.43 Å². The number of carbonyl (C=O) groups is 1. The van der Waals surface area contributed by atoms with Gasteiger partial charge in [-0.05, 0) is 19.1 Å². The highest BCUT2D eigenvalue weighted by Crippen LogP contribution is 2.16. The van der Waals surface area contributed by atoms with Crippen molar-refractivity contribution >= 4 is 11.6 Å². The van der Waals surface area contributed by atoms with Crippen molar-refractivity contribution < 1.29 is 9.90 Å². The highest BCUT2D eigenvalue weighted by Gasteiger charge is 2.11. The van der Waals surface area contributed by atoms with E-state index >= 15 is 0 Å². The quantitative estimate of drug-likeness (QED) is 0.563. The maximum atomic E-state index is 12.3. The van der Waals surface area contributed by atoms with E-state index in [1.165, 1.54) is 6.07 Å². The third kappa shape index (κ3) is 3.93. The Hall–Kier alpha value is -3.40. The molecule has 0 aliphatic heterocycles. The van der Waals surface area contributed by atoms with Gasteiger partial charge in [-0.2, -0.15) is 5.10 Å². The van der Waals surface area contributed by atoms with Crippen LogP contribution in [0.4, 0.5) is 0 Å². The van der Waals surface area contributed by atoms with Gasteiger partial charge in [0.15, 0.2) is 0 Å². The van der Waals surface area contributed by atoms with Crippen LogP contribution in [-0.2, 0) is 0 Å². The summed E-state index contributed by atoms with van der Waals surface area (Å²) >= 11 is 0. The van der Waals surface area contributed by atoms with Crippen LogP contribution in [0.2, 0.25) is 0 Å². The molecule has 2 N–H and O–H groups in total. The standard InChI is InChI=1S/C21H18N2O2/c1-15-11-13-17(14-12-15)20(16-7-3-2-4-8-16)22-23-21(25)18-9-5-6-10-19(18)24/h2-14,24H,1H3,(H,23,25)/b22-20+. The van der Waals surface area contributed by atoms with Crippen molar-refractivity contribution in [2.75, 3.05) is 0 Å². The summed E-state index contributed by atoms with van der Waals surface area (Å²) in [6, 6.07) is 23.9. The second-order valence-corrected chi connectivity index (χ2v) is 5.65. The largest absolute Gasteiger partial charge is 0.507 e. The number of phenols is 1. The van der Waals surface area contributed by atoms with Crippen molar-refractivity contribution in [1.29, 1.82) is 0 Å². The van der Waals surface area contributed by atoms with Gasteiger partial charge in [0.2, 0.25) is 0 Å². The van der Waals surface area contributed by atoms with E-state index in [-0.39, 0.29) is 11.3 Å². The topological polar surface area (TPSA) is 61.7 Å². The fraction of sp³-hybridized carbons (Fsp3) is 0.0476. The average Bonchev–Trinajstić information content (AvgIpc) is 2.64. The highest BCUT2D eigenvalue weighted by atomic mass is 16.3. The summed E-state index contributed by atoms with van der Waals surface area (Å²) in [5, 5.41) is 14.1. The molecule has 0 saturated carbocycles. The normalized spacial score (nSPS) is 11.2.